The van der Waals surface area contributed by atoms with Gasteiger partial charge >= 0.3 is 0 Å². The summed E-state index contributed by atoms with van der Waals surface area (Å²) in [6.45, 7) is 2.26. The standard InChI is InChI=1S/C25H21FN2O3S/c1-16-6-11-21(26)22(12-16)27-24(29)23-15-32-25(28-23)18-7-9-19(10-8-18)31-14-17-4-3-5-20(13-17)30-2/h3-13,15H,14H2,1-2H3,(H,27,29). The third kappa shape index (κ3) is 5.12. The number of carbonyl (C=O) groups is 1. The molecule has 0 spiro atoms. The van der Waals surface area contributed by atoms with E-state index in [1.807, 2.05) is 55.5 Å². The second-order valence-corrected chi connectivity index (χ2v) is 8.00. The van der Waals surface area contributed by atoms with Gasteiger partial charge in [-0.05, 0) is 66.6 Å². The van der Waals surface area contributed by atoms with E-state index in [1.54, 1.807) is 24.6 Å². The number of thiazole rings is 1. The van der Waals surface area contributed by atoms with Crippen molar-refractivity contribution in [3.8, 4) is 22.1 Å². The molecule has 0 bridgehead atoms. The Labute approximate surface area is 189 Å². The summed E-state index contributed by atoms with van der Waals surface area (Å²) >= 11 is 1.35. The van der Waals surface area contributed by atoms with Crippen LogP contribution < -0.4 is 14.8 Å². The van der Waals surface area contributed by atoms with Crippen molar-refractivity contribution in [1.82, 2.24) is 4.98 Å². The van der Waals surface area contributed by atoms with Gasteiger partial charge in [-0.15, -0.1) is 11.3 Å². The number of carbonyl (C=O) groups excluding carboxylic acids is 1. The summed E-state index contributed by atoms with van der Waals surface area (Å²) in [5, 5.41) is 4.93. The summed E-state index contributed by atoms with van der Waals surface area (Å²) in [6.07, 6.45) is 0. The predicted octanol–water partition coefficient (Wildman–Crippen LogP) is 6.10. The van der Waals surface area contributed by atoms with E-state index in [0.29, 0.717) is 11.6 Å². The Hall–Kier alpha value is -3.71. The second kappa shape index (κ2) is 9.62. The summed E-state index contributed by atoms with van der Waals surface area (Å²) in [5.41, 5.74) is 3.11. The molecule has 5 nitrogen and oxygen atoms in total. The minimum absolute atomic E-state index is 0.141. The lowest BCUT2D eigenvalue weighted by Gasteiger charge is -2.08. The van der Waals surface area contributed by atoms with Crippen LogP contribution in [-0.2, 0) is 6.61 Å². The number of aryl methyl sites for hydroxylation is 1. The van der Waals surface area contributed by atoms with Crippen LogP contribution in [0.4, 0.5) is 10.1 Å². The van der Waals surface area contributed by atoms with Gasteiger partial charge in [0.2, 0.25) is 0 Å². The number of amides is 1. The molecule has 7 heteroatoms. The molecule has 0 saturated heterocycles. The van der Waals surface area contributed by atoms with E-state index in [0.717, 1.165) is 28.2 Å². The van der Waals surface area contributed by atoms with Gasteiger partial charge in [-0.3, -0.25) is 4.79 Å². The molecule has 1 heterocycles. The van der Waals surface area contributed by atoms with Crippen molar-refractivity contribution in [3.05, 3.63) is 94.7 Å². The van der Waals surface area contributed by atoms with Crippen LogP contribution in [-0.4, -0.2) is 18.0 Å². The number of rotatable bonds is 7. The summed E-state index contributed by atoms with van der Waals surface area (Å²) in [4.78, 5) is 16.9. The zero-order valence-corrected chi connectivity index (χ0v) is 18.4. The quantitative estimate of drug-likeness (QED) is 0.371. The number of aromatic nitrogens is 1. The molecule has 0 atom stereocenters. The van der Waals surface area contributed by atoms with Gasteiger partial charge in [0, 0.05) is 10.9 Å². The number of anilines is 1. The van der Waals surface area contributed by atoms with Crippen molar-refractivity contribution in [1.29, 1.82) is 0 Å². The second-order valence-electron chi connectivity index (χ2n) is 7.14. The third-order valence-electron chi connectivity index (χ3n) is 4.75. The van der Waals surface area contributed by atoms with E-state index >= 15 is 0 Å². The molecular weight excluding hydrogens is 427 g/mol. The number of hydrogen-bond acceptors (Lipinski definition) is 5. The molecule has 0 fully saturated rings. The fourth-order valence-electron chi connectivity index (χ4n) is 3.05. The lowest BCUT2D eigenvalue weighted by Crippen LogP contribution is -2.13. The van der Waals surface area contributed by atoms with Crippen LogP contribution in [0, 0.1) is 12.7 Å². The highest BCUT2D eigenvalue weighted by Crippen LogP contribution is 2.27. The highest BCUT2D eigenvalue weighted by atomic mass is 32.1. The Bertz CT molecular complexity index is 1240. The highest BCUT2D eigenvalue weighted by molar-refractivity contribution is 7.13. The van der Waals surface area contributed by atoms with Crippen LogP contribution in [0.5, 0.6) is 11.5 Å². The first kappa shape index (κ1) is 21.5. The maximum Gasteiger partial charge on any atom is 0.275 e. The van der Waals surface area contributed by atoms with E-state index in [9.17, 15) is 9.18 Å². The van der Waals surface area contributed by atoms with Crippen LogP contribution in [0.15, 0.2) is 72.1 Å². The number of hydrogen-bond donors (Lipinski definition) is 1. The maximum atomic E-state index is 13.9. The van der Waals surface area contributed by atoms with Crippen LogP contribution >= 0.6 is 11.3 Å². The van der Waals surface area contributed by atoms with Crippen molar-refractivity contribution < 1.29 is 18.7 Å². The first-order chi connectivity index (χ1) is 15.5. The molecule has 1 N–H and O–H groups in total. The molecule has 4 rings (SSSR count). The van der Waals surface area contributed by atoms with Crippen LogP contribution in [0.3, 0.4) is 0 Å². The van der Waals surface area contributed by atoms with Crippen molar-refractivity contribution in [2.24, 2.45) is 0 Å². The third-order valence-corrected chi connectivity index (χ3v) is 5.64. The minimum atomic E-state index is -0.482. The van der Waals surface area contributed by atoms with Gasteiger partial charge in [0.15, 0.2) is 0 Å². The van der Waals surface area contributed by atoms with Crippen molar-refractivity contribution in [3.63, 3.8) is 0 Å². The zero-order chi connectivity index (χ0) is 22.5. The molecule has 0 saturated carbocycles. The molecule has 0 aliphatic carbocycles. The Morgan fingerprint density at radius 3 is 2.66 bits per heavy atom. The Morgan fingerprint density at radius 2 is 1.88 bits per heavy atom. The first-order valence-electron chi connectivity index (χ1n) is 9.91. The van der Waals surface area contributed by atoms with Gasteiger partial charge in [-0.2, -0.15) is 0 Å². The van der Waals surface area contributed by atoms with E-state index in [2.05, 4.69) is 10.3 Å². The number of halogens is 1. The van der Waals surface area contributed by atoms with Gasteiger partial charge in [-0.25, -0.2) is 9.37 Å². The van der Waals surface area contributed by atoms with Crippen molar-refractivity contribution in [2.75, 3.05) is 12.4 Å². The molecule has 1 amide bonds. The fourth-order valence-corrected chi connectivity index (χ4v) is 3.86. The predicted molar refractivity (Wildman–Crippen MR) is 124 cm³/mol. The first-order valence-corrected chi connectivity index (χ1v) is 10.8. The van der Waals surface area contributed by atoms with E-state index < -0.39 is 11.7 Å². The number of ether oxygens (including phenoxy) is 2. The van der Waals surface area contributed by atoms with E-state index in [4.69, 9.17) is 9.47 Å². The molecular formula is C25H21FN2O3S. The zero-order valence-electron chi connectivity index (χ0n) is 17.6. The lowest BCUT2D eigenvalue weighted by atomic mass is 10.2. The van der Waals surface area contributed by atoms with Crippen LogP contribution in [0.25, 0.3) is 10.6 Å². The Morgan fingerprint density at radius 1 is 1.06 bits per heavy atom. The molecule has 1 aromatic heterocycles. The molecule has 3 aromatic carbocycles. The van der Waals surface area contributed by atoms with Gasteiger partial charge in [-0.1, -0.05) is 18.2 Å². The molecule has 0 aliphatic heterocycles. The Kier molecular flexibility index (Phi) is 6.47. The summed E-state index contributed by atoms with van der Waals surface area (Å²) in [5.74, 6) is 0.579. The largest absolute Gasteiger partial charge is 0.497 e. The van der Waals surface area contributed by atoms with Gasteiger partial charge < -0.3 is 14.8 Å². The van der Waals surface area contributed by atoms with Gasteiger partial charge in [0.05, 0.1) is 12.8 Å². The maximum absolute atomic E-state index is 13.9. The van der Waals surface area contributed by atoms with Crippen molar-refractivity contribution >= 4 is 22.9 Å². The molecule has 0 aliphatic rings. The average molecular weight is 449 g/mol. The minimum Gasteiger partial charge on any atom is -0.497 e. The molecule has 4 aromatic rings. The summed E-state index contributed by atoms with van der Waals surface area (Å²) < 4.78 is 25.0. The summed E-state index contributed by atoms with van der Waals surface area (Å²) in [7, 11) is 1.63. The molecule has 32 heavy (non-hydrogen) atoms. The lowest BCUT2D eigenvalue weighted by molar-refractivity contribution is 0.102. The van der Waals surface area contributed by atoms with E-state index in [1.165, 1.54) is 17.4 Å². The molecule has 0 radical (unpaired) electrons. The van der Waals surface area contributed by atoms with Crippen molar-refractivity contribution in [2.45, 2.75) is 13.5 Å². The number of nitrogens with one attached hydrogen (secondary N) is 1. The van der Waals surface area contributed by atoms with Crippen LogP contribution in [0.2, 0.25) is 0 Å². The number of methoxy groups -OCH3 is 1. The average Bonchev–Trinajstić information content (AvgIpc) is 3.31. The molecule has 162 valence electrons. The van der Waals surface area contributed by atoms with Gasteiger partial charge in [0.1, 0.15) is 34.6 Å². The normalized spacial score (nSPS) is 10.6. The van der Waals surface area contributed by atoms with Crippen LogP contribution in [0.1, 0.15) is 21.6 Å². The Balaban J connectivity index is 1.40. The number of nitrogens with zero attached hydrogens (tertiary/aromatic N) is 1. The summed E-state index contributed by atoms with van der Waals surface area (Å²) in [6, 6.07) is 19.8. The number of benzene rings is 3. The van der Waals surface area contributed by atoms with E-state index in [-0.39, 0.29) is 11.4 Å². The topological polar surface area (TPSA) is 60.5 Å². The monoisotopic (exact) mass is 448 g/mol. The smallest absolute Gasteiger partial charge is 0.275 e. The van der Waals surface area contributed by atoms with Gasteiger partial charge in [0.25, 0.3) is 5.91 Å². The highest BCUT2D eigenvalue weighted by Gasteiger charge is 2.14. The molecule has 0 unspecified atom stereocenters. The fraction of sp³-hybridized carbons (Fsp3) is 0.120. The SMILES string of the molecule is COc1cccc(COc2ccc(-c3nc(C(=O)Nc4cc(C)ccc4F)cs3)cc2)c1.